The van der Waals surface area contributed by atoms with Gasteiger partial charge in [-0.15, -0.1) is 0 Å². The van der Waals surface area contributed by atoms with Gasteiger partial charge in [0.1, 0.15) is 5.75 Å². The van der Waals surface area contributed by atoms with Crippen molar-refractivity contribution in [2.24, 2.45) is 4.99 Å². The topological polar surface area (TPSA) is 91.2 Å². The van der Waals surface area contributed by atoms with E-state index < -0.39 is 18.2 Å². The second-order valence-electron chi connectivity index (χ2n) is 6.04. The predicted molar refractivity (Wildman–Crippen MR) is 95.9 cm³/mol. The first kappa shape index (κ1) is 16.1. The molecule has 7 nitrogen and oxygen atoms in total. The number of hydrogen-bond acceptors (Lipinski definition) is 4. The Hall–Kier alpha value is -3.35. The molecule has 0 saturated carbocycles. The number of ether oxygens (including phenoxy) is 1. The predicted octanol–water partition coefficient (Wildman–Crippen LogP) is 2.25. The quantitative estimate of drug-likeness (QED) is 0.868. The Morgan fingerprint density at radius 2 is 2.00 bits per heavy atom. The highest BCUT2D eigenvalue weighted by atomic mass is 16.5. The Morgan fingerprint density at radius 3 is 2.77 bits per heavy atom. The van der Waals surface area contributed by atoms with Crippen LogP contribution >= 0.6 is 0 Å². The fourth-order valence-corrected chi connectivity index (χ4v) is 3.28. The maximum atomic E-state index is 13.0. The summed E-state index contributed by atoms with van der Waals surface area (Å²) in [6, 6.07) is 15.0. The smallest absolute Gasteiger partial charge is 0.406 e. The minimum atomic E-state index is -1.29. The van der Waals surface area contributed by atoms with Crippen molar-refractivity contribution < 1.29 is 19.4 Å². The van der Waals surface area contributed by atoms with E-state index in [1.54, 1.807) is 4.90 Å². The fraction of sp³-hybridized carbons (Fsp3) is 0.211. The Labute approximate surface area is 149 Å². The van der Waals surface area contributed by atoms with E-state index >= 15 is 0 Å². The molecule has 0 aliphatic carbocycles. The third kappa shape index (κ3) is 2.77. The van der Waals surface area contributed by atoms with Gasteiger partial charge in [0, 0.05) is 17.7 Å². The van der Waals surface area contributed by atoms with Crippen LogP contribution in [0.25, 0.3) is 0 Å². The van der Waals surface area contributed by atoms with Crippen LogP contribution in [0.5, 0.6) is 5.75 Å². The average Bonchev–Trinajstić information content (AvgIpc) is 2.93. The zero-order chi connectivity index (χ0) is 18.1. The summed E-state index contributed by atoms with van der Waals surface area (Å²) in [7, 11) is 0. The number of rotatable bonds is 2. The van der Waals surface area contributed by atoms with Gasteiger partial charge in [-0.3, -0.25) is 10.1 Å². The molecule has 0 spiro atoms. The molecule has 2 amide bonds. The van der Waals surface area contributed by atoms with E-state index in [1.807, 2.05) is 48.5 Å². The van der Waals surface area contributed by atoms with Crippen LogP contribution in [0.2, 0.25) is 0 Å². The SMILES string of the molecule is O=C(O)NC1N=C(c2ccccc2)c2cccc3c2N(CCCO3)C1=O. The molecule has 0 fully saturated rings. The van der Waals surface area contributed by atoms with E-state index in [2.05, 4.69) is 10.3 Å². The van der Waals surface area contributed by atoms with Crippen molar-refractivity contribution in [3.05, 3.63) is 59.7 Å². The molecule has 0 radical (unpaired) electrons. The zero-order valence-corrected chi connectivity index (χ0v) is 13.9. The van der Waals surface area contributed by atoms with Gasteiger partial charge in [0.25, 0.3) is 5.91 Å². The lowest BCUT2D eigenvalue weighted by atomic mass is 9.99. The normalized spacial score (nSPS) is 18.8. The number of hydrogen-bond donors (Lipinski definition) is 2. The van der Waals surface area contributed by atoms with Gasteiger partial charge >= 0.3 is 6.09 Å². The molecule has 2 N–H and O–H groups in total. The largest absolute Gasteiger partial charge is 0.491 e. The molecule has 26 heavy (non-hydrogen) atoms. The summed E-state index contributed by atoms with van der Waals surface area (Å²) in [5.74, 6) is 0.200. The highest BCUT2D eigenvalue weighted by Crippen LogP contribution is 2.38. The minimum Gasteiger partial charge on any atom is -0.491 e. The second kappa shape index (κ2) is 6.51. The van der Waals surface area contributed by atoms with Crippen molar-refractivity contribution in [3.8, 4) is 5.75 Å². The number of amides is 2. The first-order chi connectivity index (χ1) is 12.6. The van der Waals surface area contributed by atoms with Crippen LogP contribution in [0.3, 0.4) is 0 Å². The molecule has 2 aliphatic rings. The van der Waals surface area contributed by atoms with Crippen LogP contribution in [0, 0.1) is 0 Å². The van der Waals surface area contributed by atoms with Gasteiger partial charge in [-0.05, 0) is 12.5 Å². The van der Waals surface area contributed by atoms with Crippen molar-refractivity contribution in [3.63, 3.8) is 0 Å². The van der Waals surface area contributed by atoms with Crippen LogP contribution in [-0.4, -0.2) is 42.1 Å². The molecule has 2 aliphatic heterocycles. The molecule has 7 heteroatoms. The van der Waals surface area contributed by atoms with Gasteiger partial charge in [0.05, 0.1) is 18.0 Å². The lowest BCUT2D eigenvalue weighted by Crippen LogP contribution is -2.47. The van der Waals surface area contributed by atoms with Gasteiger partial charge in [0.2, 0.25) is 6.17 Å². The number of carboxylic acid groups (broad SMARTS) is 1. The number of para-hydroxylation sites is 1. The molecule has 0 bridgehead atoms. The van der Waals surface area contributed by atoms with Gasteiger partial charge in [-0.25, -0.2) is 9.79 Å². The van der Waals surface area contributed by atoms with Crippen LogP contribution in [0.1, 0.15) is 17.5 Å². The molecule has 2 aromatic rings. The first-order valence-corrected chi connectivity index (χ1v) is 8.35. The Kier molecular flexibility index (Phi) is 4.04. The third-order valence-corrected chi connectivity index (χ3v) is 4.37. The highest BCUT2D eigenvalue weighted by molar-refractivity contribution is 6.21. The summed E-state index contributed by atoms with van der Waals surface area (Å²) in [6.07, 6.45) is -1.85. The number of carbonyl (C=O) groups excluding carboxylic acids is 1. The van der Waals surface area contributed by atoms with Crippen molar-refractivity contribution in [2.75, 3.05) is 18.1 Å². The monoisotopic (exact) mass is 351 g/mol. The van der Waals surface area contributed by atoms with E-state index in [1.165, 1.54) is 0 Å². The summed E-state index contributed by atoms with van der Waals surface area (Å²) in [4.78, 5) is 30.3. The van der Waals surface area contributed by atoms with E-state index in [4.69, 9.17) is 9.84 Å². The van der Waals surface area contributed by atoms with Crippen molar-refractivity contribution in [1.29, 1.82) is 0 Å². The van der Waals surface area contributed by atoms with Gasteiger partial charge < -0.3 is 14.7 Å². The van der Waals surface area contributed by atoms with Crippen molar-refractivity contribution >= 4 is 23.4 Å². The standard InChI is InChI=1S/C19H17N3O4/c23-18-17(21-19(24)25)20-15(12-6-2-1-3-7-12)13-8-4-9-14-16(13)22(18)10-5-11-26-14/h1-4,6-9,17,21H,5,10-11H2,(H,24,25). The molecule has 1 atom stereocenters. The van der Waals surface area contributed by atoms with E-state index in [-0.39, 0.29) is 0 Å². The maximum absolute atomic E-state index is 13.0. The molecule has 132 valence electrons. The molecule has 1 unspecified atom stereocenters. The zero-order valence-electron chi connectivity index (χ0n) is 13.9. The minimum absolute atomic E-state index is 0.405. The van der Waals surface area contributed by atoms with Gasteiger partial charge in [-0.1, -0.05) is 42.5 Å². The van der Waals surface area contributed by atoms with Gasteiger partial charge in [-0.2, -0.15) is 0 Å². The molecule has 2 heterocycles. The van der Waals surface area contributed by atoms with E-state index in [0.29, 0.717) is 36.7 Å². The van der Waals surface area contributed by atoms with Crippen LogP contribution in [0.4, 0.5) is 10.5 Å². The number of benzene rings is 2. The third-order valence-electron chi connectivity index (χ3n) is 4.37. The lowest BCUT2D eigenvalue weighted by molar-refractivity contribution is -0.120. The molecule has 4 rings (SSSR count). The molecule has 0 saturated heterocycles. The average molecular weight is 351 g/mol. The maximum Gasteiger partial charge on any atom is 0.406 e. The van der Waals surface area contributed by atoms with E-state index in [0.717, 1.165) is 11.1 Å². The molecular formula is C19H17N3O4. The molecule has 2 aromatic carbocycles. The lowest BCUT2D eigenvalue weighted by Gasteiger charge is -2.24. The summed E-state index contributed by atoms with van der Waals surface area (Å²) in [6.45, 7) is 0.938. The van der Waals surface area contributed by atoms with Crippen LogP contribution in [0.15, 0.2) is 53.5 Å². The summed E-state index contributed by atoms with van der Waals surface area (Å²) >= 11 is 0. The van der Waals surface area contributed by atoms with Crippen LogP contribution < -0.4 is 15.0 Å². The van der Waals surface area contributed by atoms with Crippen molar-refractivity contribution in [2.45, 2.75) is 12.6 Å². The number of nitrogens with one attached hydrogen (secondary N) is 1. The highest BCUT2D eigenvalue weighted by Gasteiger charge is 2.35. The second-order valence-corrected chi connectivity index (χ2v) is 6.04. The molecular weight excluding hydrogens is 334 g/mol. The summed E-state index contributed by atoms with van der Waals surface area (Å²) in [5, 5.41) is 11.4. The number of carbonyl (C=O) groups is 2. The summed E-state index contributed by atoms with van der Waals surface area (Å²) < 4.78 is 5.81. The Morgan fingerprint density at radius 1 is 1.19 bits per heavy atom. The van der Waals surface area contributed by atoms with E-state index in [9.17, 15) is 9.59 Å². The number of anilines is 1. The number of nitrogens with zero attached hydrogens (tertiary/aromatic N) is 2. The van der Waals surface area contributed by atoms with Crippen LogP contribution in [-0.2, 0) is 4.79 Å². The Bertz CT molecular complexity index is 895. The first-order valence-electron chi connectivity index (χ1n) is 8.35. The summed E-state index contributed by atoms with van der Waals surface area (Å²) in [5.41, 5.74) is 2.76. The van der Waals surface area contributed by atoms with Gasteiger partial charge in [0.15, 0.2) is 0 Å². The number of aliphatic imine (C=N–C) groups is 1. The Balaban J connectivity index is 1.96. The molecule has 0 aromatic heterocycles. The fourth-order valence-electron chi connectivity index (χ4n) is 3.28. The van der Waals surface area contributed by atoms with Crippen molar-refractivity contribution in [1.82, 2.24) is 5.32 Å².